The van der Waals surface area contributed by atoms with Crippen LogP contribution in [0.5, 0.6) is 0 Å². The van der Waals surface area contributed by atoms with Crippen molar-refractivity contribution in [3.63, 3.8) is 0 Å². The van der Waals surface area contributed by atoms with E-state index in [0.29, 0.717) is 0 Å². The van der Waals surface area contributed by atoms with Crippen LogP contribution in [0.3, 0.4) is 0 Å². The molecule has 0 radical (unpaired) electrons. The van der Waals surface area contributed by atoms with Gasteiger partial charge < -0.3 is 10.2 Å². The molecule has 0 bridgehead atoms. The van der Waals surface area contributed by atoms with Gasteiger partial charge >= 0.3 is 0 Å². The number of likely N-dealkylation sites (tertiary alicyclic amines) is 1. The van der Waals surface area contributed by atoms with Gasteiger partial charge in [-0.15, -0.1) is 0 Å². The van der Waals surface area contributed by atoms with Crippen molar-refractivity contribution in [2.24, 2.45) is 5.92 Å². The summed E-state index contributed by atoms with van der Waals surface area (Å²) in [5.41, 5.74) is 1.87. The molecule has 98 valence electrons. The number of carbonyl (C=O) groups is 1. The quantitative estimate of drug-likeness (QED) is 0.889. The zero-order valence-electron chi connectivity index (χ0n) is 11.3. The Bertz CT molecular complexity index is 391. The van der Waals surface area contributed by atoms with E-state index in [0.717, 1.165) is 49.6 Å². The number of amides is 1. The van der Waals surface area contributed by atoms with Crippen LogP contribution in [0, 0.1) is 5.92 Å². The molecule has 3 nitrogen and oxygen atoms in total. The summed E-state index contributed by atoms with van der Waals surface area (Å²) in [7, 11) is 0. The number of piperidine rings is 1. The fourth-order valence-corrected chi connectivity index (χ4v) is 2.33. The van der Waals surface area contributed by atoms with Crippen LogP contribution in [0.4, 0.5) is 5.69 Å². The first kappa shape index (κ1) is 12.9. The lowest BCUT2D eigenvalue weighted by atomic mass is 9.98. The Kier molecular flexibility index (Phi) is 4.24. The third kappa shape index (κ3) is 3.03. The van der Waals surface area contributed by atoms with E-state index in [2.05, 4.69) is 19.2 Å². The normalized spacial score (nSPS) is 16.7. The van der Waals surface area contributed by atoms with E-state index < -0.39 is 0 Å². The molecule has 1 heterocycles. The molecule has 0 unspecified atom stereocenters. The summed E-state index contributed by atoms with van der Waals surface area (Å²) in [6.45, 7) is 7.02. The molecule has 3 heteroatoms. The summed E-state index contributed by atoms with van der Waals surface area (Å²) < 4.78 is 0. The maximum absolute atomic E-state index is 12.3. The third-order valence-corrected chi connectivity index (χ3v) is 3.58. The van der Waals surface area contributed by atoms with Gasteiger partial charge in [-0.3, -0.25) is 4.79 Å². The third-order valence-electron chi connectivity index (χ3n) is 3.58. The van der Waals surface area contributed by atoms with Crippen LogP contribution in [0.2, 0.25) is 0 Å². The van der Waals surface area contributed by atoms with Gasteiger partial charge in [0.15, 0.2) is 0 Å². The maximum atomic E-state index is 12.3. The van der Waals surface area contributed by atoms with Crippen LogP contribution in [-0.2, 0) is 0 Å². The van der Waals surface area contributed by atoms with E-state index in [1.54, 1.807) is 0 Å². The van der Waals surface area contributed by atoms with Gasteiger partial charge in [0.2, 0.25) is 0 Å². The highest BCUT2D eigenvalue weighted by Crippen LogP contribution is 2.19. The minimum absolute atomic E-state index is 0.171. The van der Waals surface area contributed by atoms with Crippen LogP contribution >= 0.6 is 0 Å². The van der Waals surface area contributed by atoms with Gasteiger partial charge in [0.05, 0.1) is 0 Å². The van der Waals surface area contributed by atoms with E-state index in [4.69, 9.17) is 0 Å². The van der Waals surface area contributed by atoms with Crippen molar-refractivity contribution in [3.05, 3.63) is 29.8 Å². The highest BCUT2D eigenvalue weighted by Gasteiger charge is 2.21. The molecule has 1 amide bonds. The van der Waals surface area contributed by atoms with Crippen LogP contribution < -0.4 is 5.32 Å². The molecule has 1 saturated heterocycles. The maximum Gasteiger partial charge on any atom is 0.253 e. The molecule has 1 aliphatic heterocycles. The number of hydrogen-bond donors (Lipinski definition) is 1. The summed E-state index contributed by atoms with van der Waals surface area (Å²) >= 11 is 0. The smallest absolute Gasteiger partial charge is 0.253 e. The number of hydrogen-bond acceptors (Lipinski definition) is 2. The Morgan fingerprint density at radius 1 is 1.28 bits per heavy atom. The predicted molar refractivity (Wildman–Crippen MR) is 74.9 cm³/mol. The molecule has 1 N–H and O–H groups in total. The second kappa shape index (κ2) is 5.89. The second-order valence-electron chi connectivity index (χ2n) is 5.08. The molecule has 0 atom stereocenters. The molecule has 0 aliphatic carbocycles. The fourth-order valence-electron chi connectivity index (χ4n) is 2.33. The average molecular weight is 246 g/mol. The number of benzene rings is 1. The summed E-state index contributed by atoms with van der Waals surface area (Å²) in [6, 6.07) is 7.78. The highest BCUT2D eigenvalue weighted by molar-refractivity contribution is 5.94. The van der Waals surface area contributed by atoms with E-state index in [1.807, 2.05) is 29.2 Å². The van der Waals surface area contributed by atoms with Crippen LogP contribution in [0.1, 0.15) is 37.0 Å². The minimum atomic E-state index is 0.171. The zero-order chi connectivity index (χ0) is 13.0. The Morgan fingerprint density at radius 2 is 1.89 bits per heavy atom. The van der Waals surface area contributed by atoms with Crippen LogP contribution in [0.25, 0.3) is 0 Å². The highest BCUT2D eigenvalue weighted by atomic mass is 16.2. The van der Waals surface area contributed by atoms with Crippen LogP contribution in [-0.4, -0.2) is 30.4 Å². The molecule has 0 spiro atoms. The molecular weight excluding hydrogens is 224 g/mol. The van der Waals surface area contributed by atoms with Crippen molar-refractivity contribution in [2.45, 2.75) is 26.7 Å². The molecular formula is C15H22N2O. The number of rotatable bonds is 3. The first-order valence-electron chi connectivity index (χ1n) is 6.84. The second-order valence-corrected chi connectivity index (χ2v) is 5.08. The van der Waals surface area contributed by atoms with E-state index >= 15 is 0 Å². The molecule has 2 rings (SSSR count). The van der Waals surface area contributed by atoms with Crippen molar-refractivity contribution in [1.82, 2.24) is 4.90 Å². The van der Waals surface area contributed by atoms with Gasteiger partial charge in [0.25, 0.3) is 5.91 Å². The number of anilines is 1. The van der Waals surface area contributed by atoms with Crippen molar-refractivity contribution in [3.8, 4) is 0 Å². The fraction of sp³-hybridized carbons (Fsp3) is 0.533. The first-order valence-corrected chi connectivity index (χ1v) is 6.84. The van der Waals surface area contributed by atoms with Gasteiger partial charge in [-0.2, -0.15) is 0 Å². The van der Waals surface area contributed by atoms with Crippen molar-refractivity contribution in [1.29, 1.82) is 0 Å². The lowest BCUT2D eigenvalue weighted by molar-refractivity contribution is 0.0697. The molecule has 1 aromatic carbocycles. The minimum Gasteiger partial charge on any atom is -0.385 e. The van der Waals surface area contributed by atoms with Gasteiger partial charge in [-0.05, 0) is 49.9 Å². The molecule has 0 aromatic heterocycles. The van der Waals surface area contributed by atoms with Gasteiger partial charge in [0.1, 0.15) is 0 Å². The topological polar surface area (TPSA) is 32.3 Å². The van der Waals surface area contributed by atoms with E-state index in [-0.39, 0.29) is 5.91 Å². The Balaban J connectivity index is 2.00. The molecule has 0 saturated carbocycles. The van der Waals surface area contributed by atoms with Gasteiger partial charge in [-0.1, -0.05) is 6.92 Å². The van der Waals surface area contributed by atoms with Crippen LogP contribution in [0.15, 0.2) is 24.3 Å². The molecule has 1 aromatic rings. The van der Waals surface area contributed by atoms with Gasteiger partial charge in [-0.25, -0.2) is 0 Å². The number of nitrogens with zero attached hydrogens (tertiary/aromatic N) is 1. The number of nitrogens with one attached hydrogen (secondary N) is 1. The average Bonchev–Trinajstić information content (AvgIpc) is 2.40. The molecule has 18 heavy (non-hydrogen) atoms. The predicted octanol–water partition coefficient (Wildman–Crippen LogP) is 2.99. The van der Waals surface area contributed by atoms with Crippen molar-refractivity contribution in [2.75, 3.05) is 25.0 Å². The molecule has 1 aliphatic rings. The monoisotopic (exact) mass is 246 g/mol. The lowest BCUT2D eigenvalue weighted by Crippen LogP contribution is -2.37. The summed E-state index contributed by atoms with van der Waals surface area (Å²) in [4.78, 5) is 14.3. The standard InChI is InChI=1S/C15H22N2O/c1-3-16-14-6-4-13(5-7-14)15(18)17-10-8-12(2)9-11-17/h4-7,12,16H,3,8-11H2,1-2H3. The van der Waals surface area contributed by atoms with E-state index in [1.165, 1.54) is 0 Å². The summed E-state index contributed by atoms with van der Waals surface area (Å²) in [6.07, 6.45) is 2.25. The summed E-state index contributed by atoms with van der Waals surface area (Å²) in [5.74, 6) is 0.926. The Labute approximate surface area is 109 Å². The Morgan fingerprint density at radius 3 is 2.44 bits per heavy atom. The molecule has 1 fully saturated rings. The Hall–Kier alpha value is -1.51. The zero-order valence-corrected chi connectivity index (χ0v) is 11.3. The van der Waals surface area contributed by atoms with Gasteiger partial charge in [0, 0.05) is 30.9 Å². The lowest BCUT2D eigenvalue weighted by Gasteiger charge is -2.30. The SMILES string of the molecule is CCNc1ccc(C(=O)N2CCC(C)CC2)cc1. The first-order chi connectivity index (χ1) is 8.70. The van der Waals surface area contributed by atoms with Crippen molar-refractivity contribution >= 4 is 11.6 Å². The number of carbonyl (C=O) groups excluding carboxylic acids is 1. The largest absolute Gasteiger partial charge is 0.385 e. The van der Waals surface area contributed by atoms with E-state index in [9.17, 15) is 4.79 Å². The summed E-state index contributed by atoms with van der Waals surface area (Å²) in [5, 5.41) is 3.23. The van der Waals surface area contributed by atoms with Crippen molar-refractivity contribution < 1.29 is 4.79 Å².